The number of rotatable bonds is 4. The molecule has 34 heavy (non-hydrogen) atoms. The van der Waals surface area contributed by atoms with Crippen LogP contribution < -0.4 is 5.63 Å². The van der Waals surface area contributed by atoms with Crippen LogP contribution >= 0.6 is 0 Å². The Balaban J connectivity index is 1.26. The van der Waals surface area contributed by atoms with Gasteiger partial charge in [0.15, 0.2) is 0 Å². The Morgan fingerprint density at radius 2 is 1.74 bits per heavy atom. The summed E-state index contributed by atoms with van der Waals surface area (Å²) in [4.78, 5) is 39.1. The predicted molar refractivity (Wildman–Crippen MR) is 125 cm³/mol. The van der Waals surface area contributed by atoms with Crippen molar-refractivity contribution in [3.8, 4) is 0 Å². The molecule has 2 heterocycles. The van der Waals surface area contributed by atoms with Gasteiger partial charge in [-0.2, -0.15) is 0 Å². The van der Waals surface area contributed by atoms with E-state index in [-0.39, 0.29) is 24.4 Å². The summed E-state index contributed by atoms with van der Waals surface area (Å²) < 4.78 is 24.1. The van der Waals surface area contributed by atoms with Gasteiger partial charge in [-0.15, -0.1) is 0 Å². The number of fused-ring (bicyclic) bond motifs is 3. The van der Waals surface area contributed by atoms with Gasteiger partial charge in [-0.25, -0.2) is 9.18 Å². The summed E-state index contributed by atoms with van der Waals surface area (Å²) >= 11 is 0. The molecule has 1 aliphatic heterocycles. The summed E-state index contributed by atoms with van der Waals surface area (Å²) in [6.07, 6.45) is 0.957. The normalized spacial score (nSPS) is 14.4. The summed E-state index contributed by atoms with van der Waals surface area (Å²) in [6, 6.07) is 18.2. The molecule has 1 amide bonds. The number of likely N-dealkylation sites (tertiary alicyclic amines) is 1. The molecule has 4 aromatic rings. The van der Waals surface area contributed by atoms with Gasteiger partial charge < -0.3 is 14.1 Å². The predicted octanol–water partition coefficient (Wildman–Crippen LogP) is 4.68. The molecule has 0 atom stereocenters. The van der Waals surface area contributed by atoms with E-state index < -0.39 is 11.4 Å². The van der Waals surface area contributed by atoms with E-state index in [1.807, 2.05) is 30.3 Å². The van der Waals surface area contributed by atoms with Gasteiger partial charge in [-0.1, -0.05) is 30.3 Å². The number of halogens is 1. The highest BCUT2D eigenvalue weighted by Crippen LogP contribution is 2.28. The van der Waals surface area contributed by atoms with Crippen LogP contribution in [0.2, 0.25) is 0 Å². The molecular weight excluding hydrogens is 437 g/mol. The third kappa shape index (κ3) is 4.29. The van der Waals surface area contributed by atoms with Crippen molar-refractivity contribution in [2.24, 2.45) is 5.92 Å². The number of piperidine rings is 1. The van der Waals surface area contributed by atoms with Crippen LogP contribution in [0.15, 0.2) is 75.9 Å². The van der Waals surface area contributed by atoms with Crippen molar-refractivity contribution in [2.45, 2.75) is 19.4 Å². The van der Waals surface area contributed by atoms with Gasteiger partial charge in [-0.05, 0) is 53.9 Å². The number of carbonyl (C=O) groups excluding carboxylic acids is 2. The molecule has 0 N–H and O–H groups in total. The largest absolute Gasteiger partial charge is 0.461 e. The first-order chi connectivity index (χ1) is 16.5. The van der Waals surface area contributed by atoms with Crippen molar-refractivity contribution in [2.75, 3.05) is 13.1 Å². The van der Waals surface area contributed by atoms with Crippen LogP contribution in [0.25, 0.3) is 21.7 Å². The molecule has 0 unspecified atom stereocenters. The molecule has 0 saturated carbocycles. The van der Waals surface area contributed by atoms with Gasteiger partial charge in [0, 0.05) is 35.7 Å². The van der Waals surface area contributed by atoms with E-state index in [0.717, 1.165) is 16.2 Å². The van der Waals surface area contributed by atoms with Gasteiger partial charge in [0.25, 0.3) is 5.91 Å². The fourth-order valence-electron chi connectivity index (χ4n) is 4.49. The van der Waals surface area contributed by atoms with Crippen molar-refractivity contribution in [1.29, 1.82) is 0 Å². The number of hydrogen-bond donors (Lipinski definition) is 0. The number of carbonyl (C=O) groups is 2. The third-order valence-corrected chi connectivity index (χ3v) is 6.29. The zero-order valence-corrected chi connectivity index (χ0v) is 18.3. The first kappa shape index (κ1) is 21.8. The van der Waals surface area contributed by atoms with Crippen LogP contribution in [-0.2, 0) is 16.1 Å². The standard InChI is InChI=1S/C27H22FNO5/c28-21-8-5-18(6-9-21)26(31)29-13-11-19(12-14-29)27(32)33-16-20-15-24(30)34-23-10-7-17-3-1-2-4-22(17)25(20)23/h1-10,15,19H,11-14,16H2. The van der Waals surface area contributed by atoms with Crippen LogP contribution in [0.1, 0.15) is 28.8 Å². The SMILES string of the molecule is O=C(OCc1cc(=O)oc2ccc3ccccc3c12)C1CCN(C(=O)c2ccc(F)cc2)CC1. The third-order valence-electron chi connectivity index (χ3n) is 6.29. The van der Waals surface area contributed by atoms with Crippen molar-refractivity contribution in [3.63, 3.8) is 0 Å². The minimum atomic E-state index is -0.499. The first-order valence-electron chi connectivity index (χ1n) is 11.2. The monoisotopic (exact) mass is 459 g/mol. The minimum Gasteiger partial charge on any atom is -0.461 e. The maximum absolute atomic E-state index is 13.1. The summed E-state index contributed by atoms with van der Waals surface area (Å²) in [6.45, 7) is 0.792. The van der Waals surface area contributed by atoms with Gasteiger partial charge in [0.05, 0.1) is 5.92 Å². The summed E-state index contributed by atoms with van der Waals surface area (Å²) in [5.41, 5.74) is 0.969. The van der Waals surface area contributed by atoms with Gasteiger partial charge in [0.2, 0.25) is 0 Å². The van der Waals surface area contributed by atoms with Crippen LogP contribution in [0.5, 0.6) is 0 Å². The van der Waals surface area contributed by atoms with E-state index in [2.05, 4.69) is 0 Å². The van der Waals surface area contributed by atoms with Gasteiger partial charge in [0.1, 0.15) is 18.0 Å². The van der Waals surface area contributed by atoms with Crippen LogP contribution in [0, 0.1) is 11.7 Å². The molecule has 7 heteroatoms. The van der Waals surface area contributed by atoms with Crippen LogP contribution in [-0.4, -0.2) is 29.9 Å². The van der Waals surface area contributed by atoms with E-state index in [0.29, 0.717) is 42.6 Å². The van der Waals surface area contributed by atoms with Crippen LogP contribution in [0.4, 0.5) is 4.39 Å². The average molecular weight is 459 g/mol. The smallest absolute Gasteiger partial charge is 0.336 e. The molecule has 1 aliphatic rings. The molecule has 1 saturated heterocycles. The van der Waals surface area contributed by atoms with Gasteiger partial charge in [-0.3, -0.25) is 9.59 Å². The fraction of sp³-hybridized carbons (Fsp3) is 0.222. The molecular formula is C27H22FNO5. The Labute approximate surface area is 194 Å². The number of nitrogens with zero attached hydrogens (tertiary/aromatic N) is 1. The molecule has 1 aromatic heterocycles. The summed E-state index contributed by atoms with van der Waals surface area (Å²) in [5, 5.41) is 2.67. The lowest BCUT2D eigenvalue weighted by Gasteiger charge is -2.31. The quantitative estimate of drug-likeness (QED) is 0.252. The number of benzene rings is 3. The van der Waals surface area contributed by atoms with E-state index in [1.165, 1.54) is 30.3 Å². The molecule has 3 aromatic carbocycles. The minimum absolute atomic E-state index is 0.0380. The molecule has 172 valence electrons. The zero-order valence-electron chi connectivity index (χ0n) is 18.3. The zero-order chi connectivity index (χ0) is 23.7. The van der Waals surface area contributed by atoms with Crippen molar-refractivity contribution in [1.82, 2.24) is 4.90 Å². The highest BCUT2D eigenvalue weighted by atomic mass is 19.1. The number of esters is 1. The lowest BCUT2D eigenvalue weighted by Crippen LogP contribution is -2.40. The fourth-order valence-corrected chi connectivity index (χ4v) is 4.49. The van der Waals surface area contributed by atoms with Crippen molar-refractivity contribution in [3.05, 3.63) is 94.1 Å². The average Bonchev–Trinajstić information content (AvgIpc) is 2.87. The van der Waals surface area contributed by atoms with Crippen molar-refractivity contribution < 1.29 is 23.1 Å². The summed E-state index contributed by atoms with van der Waals surface area (Å²) in [5.74, 6) is -1.26. The van der Waals surface area contributed by atoms with Gasteiger partial charge >= 0.3 is 11.6 Å². The number of hydrogen-bond acceptors (Lipinski definition) is 5. The summed E-state index contributed by atoms with van der Waals surface area (Å²) in [7, 11) is 0. The molecule has 5 rings (SSSR count). The van der Waals surface area contributed by atoms with Crippen LogP contribution in [0.3, 0.4) is 0 Å². The molecule has 0 radical (unpaired) electrons. The second-order valence-corrected chi connectivity index (χ2v) is 8.43. The second kappa shape index (κ2) is 9.09. The molecule has 1 fully saturated rings. The Morgan fingerprint density at radius 1 is 1.00 bits per heavy atom. The molecule has 0 aliphatic carbocycles. The maximum atomic E-state index is 13.1. The highest BCUT2D eigenvalue weighted by Gasteiger charge is 2.29. The molecule has 0 spiro atoms. The topological polar surface area (TPSA) is 76.8 Å². The highest BCUT2D eigenvalue weighted by molar-refractivity contribution is 6.07. The Morgan fingerprint density at radius 3 is 2.50 bits per heavy atom. The van der Waals surface area contributed by atoms with E-state index >= 15 is 0 Å². The second-order valence-electron chi connectivity index (χ2n) is 8.43. The number of ether oxygens (including phenoxy) is 1. The van der Waals surface area contributed by atoms with E-state index in [1.54, 1.807) is 11.0 Å². The van der Waals surface area contributed by atoms with Crippen molar-refractivity contribution >= 4 is 33.6 Å². The van der Waals surface area contributed by atoms with E-state index in [4.69, 9.17) is 9.15 Å². The Hall–Kier alpha value is -4.00. The molecule has 6 nitrogen and oxygen atoms in total. The Kier molecular flexibility index (Phi) is 5.84. The molecule has 0 bridgehead atoms. The lowest BCUT2D eigenvalue weighted by atomic mass is 9.96. The maximum Gasteiger partial charge on any atom is 0.336 e. The van der Waals surface area contributed by atoms with E-state index in [9.17, 15) is 18.8 Å². The number of amides is 1. The lowest BCUT2D eigenvalue weighted by molar-refractivity contribution is -0.151. The Bertz CT molecular complexity index is 1440. The first-order valence-corrected chi connectivity index (χ1v) is 11.2.